The molecule has 1 rings (SSSR count). The van der Waals surface area contributed by atoms with Gasteiger partial charge in [0, 0.05) is 7.11 Å². The van der Waals surface area contributed by atoms with Crippen molar-refractivity contribution in [1.29, 1.82) is 0 Å². The highest BCUT2D eigenvalue weighted by Crippen LogP contribution is 2.18. The summed E-state index contributed by atoms with van der Waals surface area (Å²) in [6.45, 7) is 0.205. The topological polar surface area (TPSA) is 61.5 Å². The van der Waals surface area contributed by atoms with Gasteiger partial charge in [-0.15, -0.1) is 0 Å². The number of carbonyl (C=O) groups is 1. The SMILES string of the molecule is COCC(N)C(=O)c1ccccc1OC. The fourth-order valence-corrected chi connectivity index (χ4v) is 1.30. The lowest BCUT2D eigenvalue weighted by Gasteiger charge is -2.11. The Morgan fingerprint density at radius 3 is 2.67 bits per heavy atom. The van der Waals surface area contributed by atoms with Crippen LogP contribution in [0.2, 0.25) is 0 Å². The minimum Gasteiger partial charge on any atom is -0.496 e. The average molecular weight is 209 g/mol. The van der Waals surface area contributed by atoms with Crippen LogP contribution in [0, 0.1) is 0 Å². The Morgan fingerprint density at radius 1 is 1.40 bits per heavy atom. The van der Waals surface area contributed by atoms with Crippen LogP contribution in [0.15, 0.2) is 24.3 Å². The minimum atomic E-state index is -0.647. The van der Waals surface area contributed by atoms with E-state index in [4.69, 9.17) is 15.2 Å². The third-order valence-electron chi connectivity index (χ3n) is 2.06. The molecule has 15 heavy (non-hydrogen) atoms. The Bertz CT molecular complexity index is 338. The number of hydrogen-bond donors (Lipinski definition) is 1. The van der Waals surface area contributed by atoms with Crippen molar-refractivity contribution in [2.75, 3.05) is 20.8 Å². The van der Waals surface area contributed by atoms with E-state index in [1.54, 1.807) is 24.3 Å². The number of ether oxygens (including phenoxy) is 2. The molecule has 2 N–H and O–H groups in total. The van der Waals surface area contributed by atoms with Gasteiger partial charge in [-0.3, -0.25) is 4.79 Å². The first-order valence-corrected chi connectivity index (χ1v) is 4.62. The summed E-state index contributed by atoms with van der Waals surface area (Å²) in [5.74, 6) is 0.364. The van der Waals surface area contributed by atoms with Crippen LogP contribution in [0.3, 0.4) is 0 Å². The number of rotatable bonds is 5. The van der Waals surface area contributed by atoms with E-state index in [9.17, 15) is 4.79 Å². The van der Waals surface area contributed by atoms with Crippen molar-refractivity contribution < 1.29 is 14.3 Å². The first kappa shape index (κ1) is 11.7. The van der Waals surface area contributed by atoms with Crippen molar-refractivity contribution in [2.24, 2.45) is 5.73 Å². The fraction of sp³-hybridized carbons (Fsp3) is 0.364. The Hall–Kier alpha value is -1.39. The molecule has 0 aliphatic rings. The number of Topliss-reactive ketones (excluding diaryl/α,β-unsaturated/α-hetero) is 1. The van der Waals surface area contributed by atoms with E-state index in [-0.39, 0.29) is 12.4 Å². The lowest BCUT2D eigenvalue weighted by Crippen LogP contribution is -2.35. The van der Waals surface area contributed by atoms with Gasteiger partial charge in [0.05, 0.1) is 25.3 Å². The molecule has 0 aliphatic carbocycles. The molecule has 1 atom stereocenters. The third kappa shape index (κ3) is 2.78. The van der Waals surface area contributed by atoms with Crippen LogP contribution in [-0.4, -0.2) is 32.7 Å². The van der Waals surface area contributed by atoms with Gasteiger partial charge in [-0.25, -0.2) is 0 Å². The van der Waals surface area contributed by atoms with E-state index in [0.29, 0.717) is 11.3 Å². The number of benzene rings is 1. The molecule has 1 aromatic rings. The van der Waals surface area contributed by atoms with Crippen LogP contribution < -0.4 is 10.5 Å². The van der Waals surface area contributed by atoms with Gasteiger partial charge in [0.25, 0.3) is 0 Å². The third-order valence-corrected chi connectivity index (χ3v) is 2.06. The molecular weight excluding hydrogens is 194 g/mol. The summed E-state index contributed by atoms with van der Waals surface area (Å²) in [7, 11) is 3.03. The number of para-hydroxylation sites is 1. The average Bonchev–Trinajstić information content (AvgIpc) is 2.28. The molecule has 0 fully saturated rings. The van der Waals surface area contributed by atoms with Crippen molar-refractivity contribution in [1.82, 2.24) is 0 Å². The van der Waals surface area contributed by atoms with Crippen LogP contribution in [0.4, 0.5) is 0 Å². The monoisotopic (exact) mass is 209 g/mol. The Kier molecular flexibility index (Phi) is 4.27. The van der Waals surface area contributed by atoms with Gasteiger partial charge in [0.15, 0.2) is 5.78 Å². The first-order chi connectivity index (χ1) is 7.20. The van der Waals surface area contributed by atoms with Gasteiger partial charge in [0.2, 0.25) is 0 Å². The van der Waals surface area contributed by atoms with Gasteiger partial charge in [-0.2, -0.15) is 0 Å². The van der Waals surface area contributed by atoms with Crippen molar-refractivity contribution >= 4 is 5.78 Å². The summed E-state index contributed by atoms with van der Waals surface area (Å²) in [6, 6.07) is 6.35. The zero-order valence-corrected chi connectivity index (χ0v) is 8.90. The second-order valence-corrected chi connectivity index (χ2v) is 3.13. The van der Waals surface area contributed by atoms with Crippen molar-refractivity contribution in [3.63, 3.8) is 0 Å². The highest BCUT2D eigenvalue weighted by Gasteiger charge is 2.18. The van der Waals surface area contributed by atoms with Crippen LogP contribution >= 0.6 is 0 Å². The Balaban J connectivity index is 2.90. The number of hydrogen-bond acceptors (Lipinski definition) is 4. The van der Waals surface area contributed by atoms with Gasteiger partial charge in [-0.05, 0) is 12.1 Å². The van der Waals surface area contributed by atoms with Crippen LogP contribution in [0.25, 0.3) is 0 Å². The zero-order valence-electron chi connectivity index (χ0n) is 8.90. The Morgan fingerprint density at radius 2 is 2.07 bits per heavy atom. The second kappa shape index (κ2) is 5.48. The molecule has 0 spiro atoms. The summed E-state index contributed by atoms with van der Waals surface area (Å²) in [4.78, 5) is 11.8. The molecule has 0 bridgehead atoms. The standard InChI is InChI=1S/C11H15NO3/c1-14-7-9(12)11(13)8-5-3-4-6-10(8)15-2/h3-6,9H,7,12H2,1-2H3. The number of methoxy groups -OCH3 is 2. The molecule has 0 saturated carbocycles. The lowest BCUT2D eigenvalue weighted by molar-refractivity contribution is 0.0889. The number of nitrogens with two attached hydrogens (primary N) is 1. The molecule has 0 aromatic heterocycles. The molecule has 1 aromatic carbocycles. The maximum absolute atomic E-state index is 11.8. The van der Waals surface area contributed by atoms with Crippen LogP contribution in [0.5, 0.6) is 5.75 Å². The summed E-state index contributed by atoms with van der Waals surface area (Å²) in [6.07, 6.45) is 0. The number of carbonyl (C=O) groups excluding carboxylic acids is 1. The molecule has 0 aliphatic heterocycles. The van der Waals surface area contributed by atoms with Crippen LogP contribution in [-0.2, 0) is 4.74 Å². The van der Waals surface area contributed by atoms with Gasteiger partial charge < -0.3 is 15.2 Å². The zero-order chi connectivity index (χ0) is 11.3. The van der Waals surface area contributed by atoms with Crippen molar-refractivity contribution in [3.8, 4) is 5.75 Å². The lowest BCUT2D eigenvalue weighted by atomic mass is 10.0. The molecule has 0 heterocycles. The summed E-state index contributed by atoms with van der Waals surface area (Å²) in [5.41, 5.74) is 6.14. The van der Waals surface area contributed by atoms with Gasteiger partial charge >= 0.3 is 0 Å². The van der Waals surface area contributed by atoms with Crippen molar-refractivity contribution in [3.05, 3.63) is 29.8 Å². The fourth-order valence-electron chi connectivity index (χ4n) is 1.30. The quantitative estimate of drug-likeness (QED) is 0.730. The number of ketones is 1. The van der Waals surface area contributed by atoms with E-state index in [1.807, 2.05) is 0 Å². The van der Waals surface area contributed by atoms with E-state index < -0.39 is 6.04 Å². The highest BCUT2D eigenvalue weighted by atomic mass is 16.5. The molecule has 4 heteroatoms. The molecular formula is C11H15NO3. The maximum Gasteiger partial charge on any atom is 0.185 e. The van der Waals surface area contributed by atoms with Gasteiger partial charge in [-0.1, -0.05) is 12.1 Å². The van der Waals surface area contributed by atoms with E-state index >= 15 is 0 Å². The predicted octanol–water partition coefficient (Wildman–Crippen LogP) is 0.852. The molecule has 1 unspecified atom stereocenters. The van der Waals surface area contributed by atoms with E-state index in [2.05, 4.69) is 0 Å². The summed E-state index contributed by atoms with van der Waals surface area (Å²) in [5, 5.41) is 0. The molecule has 0 saturated heterocycles. The summed E-state index contributed by atoms with van der Waals surface area (Å²) >= 11 is 0. The Labute approximate surface area is 89.0 Å². The maximum atomic E-state index is 11.8. The smallest absolute Gasteiger partial charge is 0.185 e. The minimum absolute atomic E-state index is 0.172. The molecule has 4 nitrogen and oxygen atoms in total. The molecule has 0 amide bonds. The largest absolute Gasteiger partial charge is 0.496 e. The second-order valence-electron chi connectivity index (χ2n) is 3.13. The van der Waals surface area contributed by atoms with E-state index in [1.165, 1.54) is 14.2 Å². The highest BCUT2D eigenvalue weighted by molar-refractivity contribution is 6.02. The summed E-state index contributed by atoms with van der Waals surface area (Å²) < 4.78 is 9.91. The predicted molar refractivity (Wildman–Crippen MR) is 57.2 cm³/mol. The van der Waals surface area contributed by atoms with Crippen molar-refractivity contribution in [2.45, 2.75) is 6.04 Å². The normalized spacial score (nSPS) is 12.2. The van der Waals surface area contributed by atoms with E-state index in [0.717, 1.165) is 0 Å². The molecule has 82 valence electrons. The first-order valence-electron chi connectivity index (χ1n) is 4.62. The van der Waals surface area contributed by atoms with Crippen LogP contribution in [0.1, 0.15) is 10.4 Å². The van der Waals surface area contributed by atoms with Gasteiger partial charge in [0.1, 0.15) is 5.75 Å². The molecule has 0 radical (unpaired) electrons.